The van der Waals surface area contributed by atoms with Crippen LogP contribution in [0.3, 0.4) is 0 Å². The second-order valence-electron chi connectivity index (χ2n) is 5.56. The molecule has 0 radical (unpaired) electrons. The van der Waals surface area contributed by atoms with E-state index in [9.17, 15) is 4.79 Å². The van der Waals surface area contributed by atoms with E-state index in [1.165, 1.54) is 6.42 Å². The Kier molecular flexibility index (Phi) is 3.74. The highest BCUT2D eigenvalue weighted by Gasteiger charge is 2.25. The highest BCUT2D eigenvalue weighted by Crippen LogP contribution is 2.22. The summed E-state index contributed by atoms with van der Waals surface area (Å²) in [4.78, 5) is 17.9. The Morgan fingerprint density at radius 2 is 2.35 bits per heavy atom. The van der Waals surface area contributed by atoms with Crippen molar-refractivity contribution in [1.29, 1.82) is 0 Å². The molecule has 20 heavy (non-hydrogen) atoms. The van der Waals surface area contributed by atoms with E-state index < -0.39 is 0 Å². The zero-order chi connectivity index (χ0) is 13.9. The van der Waals surface area contributed by atoms with Crippen molar-refractivity contribution in [2.75, 3.05) is 26.7 Å². The zero-order valence-corrected chi connectivity index (χ0v) is 11.9. The van der Waals surface area contributed by atoms with Gasteiger partial charge in [0.1, 0.15) is 0 Å². The lowest BCUT2D eigenvalue weighted by Crippen LogP contribution is -2.42. The average Bonchev–Trinajstić information content (AvgIpc) is 2.95. The summed E-state index contributed by atoms with van der Waals surface area (Å²) >= 11 is 0. The Labute approximate surface area is 119 Å². The van der Waals surface area contributed by atoms with Gasteiger partial charge in [-0.05, 0) is 50.6 Å². The molecule has 106 valence electrons. The minimum Gasteiger partial charge on any atom is -0.361 e. The van der Waals surface area contributed by atoms with Gasteiger partial charge in [-0.15, -0.1) is 0 Å². The van der Waals surface area contributed by atoms with Crippen LogP contribution in [0.15, 0.2) is 30.5 Å². The first-order valence-electron chi connectivity index (χ1n) is 7.29. The number of likely N-dealkylation sites (tertiary alicyclic amines) is 1. The van der Waals surface area contributed by atoms with Gasteiger partial charge in [0, 0.05) is 35.8 Å². The van der Waals surface area contributed by atoms with Crippen LogP contribution in [0.4, 0.5) is 0 Å². The van der Waals surface area contributed by atoms with Crippen molar-refractivity contribution in [2.24, 2.45) is 5.92 Å². The molecule has 2 heterocycles. The van der Waals surface area contributed by atoms with Gasteiger partial charge in [-0.1, -0.05) is 6.07 Å². The fraction of sp³-hybridized carbons (Fsp3) is 0.438. The van der Waals surface area contributed by atoms with Gasteiger partial charge < -0.3 is 15.2 Å². The third-order valence-electron chi connectivity index (χ3n) is 4.12. The van der Waals surface area contributed by atoms with Crippen LogP contribution >= 0.6 is 0 Å². The molecular weight excluding hydrogens is 250 g/mol. The number of piperidine rings is 1. The van der Waals surface area contributed by atoms with E-state index in [1.54, 1.807) is 0 Å². The van der Waals surface area contributed by atoms with Crippen molar-refractivity contribution in [1.82, 2.24) is 15.2 Å². The minimum atomic E-state index is 0.163. The number of nitrogens with one attached hydrogen (secondary N) is 2. The molecule has 1 aromatic heterocycles. The molecule has 3 rings (SSSR count). The van der Waals surface area contributed by atoms with Crippen molar-refractivity contribution in [2.45, 2.75) is 12.8 Å². The molecule has 0 saturated carbocycles. The number of hydrogen-bond donors (Lipinski definition) is 2. The first-order valence-corrected chi connectivity index (χ1v) is 7.29. The molecule has 1 atom stereocenters. The molecule has 2 N–H and O–H groups in total. The Morgan fingerprint density at radius 3 is 3.20 bits per heavy atom. The Balaban J connectivity index is 1.83. The number of rotatable bonds is 3. The molecule has 0 aliphatic carbocycles. The van der Waals surface area contributed by atoms with Crippen LogP contribution in [0.2, 0.25) is 0 Å². The number of H-pyrrole nitrogens is 1. The second-order valence-corrected chi connectivity index (χ2v) is 5.56. The largest absolute Gasteiger partial charge is 0.361 e. The number of carbonyl (C=O) groups is 1. The van der Waals surface area contributed by atoms with Crippen molar-refractivity contribution in [3.05, 3.63) is 36.0 Å². The van der Waals surface area contributed by atoms with Gasteiger partial charge in [0.15, 0.2) is 0 Å². The Hall–Kier alpha value is -1.81. The van der Waals surface area contributed by atoms with Crippen molar-refractivity contribution < 1.29 is 4.79 Å². The lowest BCUT2D eigenvalue weighted by atomic mass is 9.97. The predicted molar refractivity (Wildman–Crippen MR) is 80.9 cm³/mol. The number of amides is 1. The summed E-state index contributed by atoms with van der Waals surface area (Å²) in [5.41, 5.74) is 1.84. The van der Waals surface area contributed by atoms with Gasteiger partial charge in [0.2, 0.25) is 0 Å². The fourth-order valence-corrected chi connectivity index (χ4v) is 3.15. The summed E-state index contributed by atoms with van der Waals surface area (Å²) in [5, 5.41) is 4.24. The van der Waals surface area contributed by atoms with Crippen molar-refractivity contribution in [3.63, 3.8) is 0 Å². The van der Waals surface area contributed by atoms with Crippen LogP contribution in [0.25, 0.3) is 10.9 Å². The molecule has 4 nitrogen and oxygen atoms in total. The summed E-state index contributed by atoms with van der Waals surface area (Å²) in [6.07, 6.45) is 4.20. The second kappa shape index (κ2) is 5.67. The number of benzene rings is 1. The van der Waals surface area contributed by atoms with Gasteiger partial charge in [-0.3, -0.25) is 4.79 Å². The number of hydrogen-bond acceptors (Lipinski definition) is 2. The summed E-state index contributed by atoms with van der Waals surface area (Å²) in [7, 11) is 1.97. The normalized spacial score (nSPS) is 19.4. The van der Waals surface area contributed by atoms with Crippen LogP contribution in [0.1, 0.15) is 23.2 Å². The van der Waals surface area contributed by atoms with Crippen LogP contribution in [0, 0.1) is 5.92 Å². The zero-order valence-electron chi connectivity index (χ0n) is 11.9. The first kappa shape index (κ1) is 13.2. The third kappa shape index (κ3) is 2.43. The summed E-state index contributed by atoms with van der Waals surface area (Å²) < 4.78 is 0. The van der Waals surface area contributed by atoms with E-state index in [0.717, 1.165) is 42.5 Å². The number of aromatic amines is 1. The quantitative estimate of drug-likeness (QED) is 0.899. The molecule has 1 saturated heterocycles. The van der Waals surface area contributed by atoms with Gasteiger partial charge in [0.05, 0.1) is 0 Å². The topological polar surface area (TPSA) is 48.1 Å². The lowest BCUT2D eigenvalue weighted by Gasteiger charge is -2.33. The predicted octanol–water partition coefficient (Wildman–Crippen LogP) is 2.24. The number of fused-ring (bicyclic) bond motifs is 1. The molecule has 1 aliphatic heterocycles. The van der Waals surface area contributed by atoms with Crippen molar-refractivity contribution >= 4 is 16.8 Å². The fourth-order valence-electron chi connectivity index (χ4n) is 3.15. The van der Waals surface area contributed by atoms with Gasteiger partial charge in [-0.25, -0.2) is 0 Å². The summed E-state index contributed by atoms with van der Waals surface area (Å²) in [5.74, 6) is 0.735. The highest BCUT2D eigenvalue weighted by atomic mass is 16.2. The summed E-state index contributed by atoms with van der Waals surface area (Å²) in [6.45, 7) is 2.72. The van der Waals surface area contributed by atoms with E-state index in [1.807, 2.05) is 42.4 Å². The molecule has 0 bridgehead atoms. The molecule has 1 fully saturated rings. The average molecular weight is 271 g/mol. The third-order valence-corrected chi connectivity index (χ3v) is 4.12. The number of aromatic nitrogens is 1. The van der Waals surface area contributed by atoms with Crippen LogP contribution in [-0.4, -0.2) is 42.5 Å². The maximum absolute atomic E-state index is 12.8. The first-order chi connectivity index (χ1) is 9.79. The van der Waals surface area contributed by atoms with Crippen LogP contribution < -0.4 is 5.32 Å². The lowest BCUT2D eigenvalue weighted by molar-refractivity contribution is 0.0676. The van der Waals surface area contributed by atoms with E-state index in [0.29, 0.717) is 5.92 Å². The maximum atomic E-state index is 12.8. The van der Waals surface area contributed by atoms with Gasteiger partial charge >= 0.3 is 0 Å². The van der Waals surface area contributed by atoms with E-state index in [-0.39, 0.29) is 5.91 Å². The van der Waals surface area contributed by atoms with Gasteiger partial charge in [-0.2, -0.15) is 0 Å². The Morgan fingerprint density at radius 1 is 1.45 bits per heavy atom. The number of carbonyl (C=O) groups excluding carboxylic acids is 1. The highest BCUT2D eigenvalue weighted by molar-refractivity contribution is 6.06. The van der Waals surface area contributed by atoms with Crippen LogP contribution in [0.5, 0.6) is 0 Å². The van der Waals surface area contributed by atoms with Gasteiger partial charge in [0.25, 0.3) is 5.91 Å². The molecule has 0 spiro atoms. The molecule has 1 unspecified atom stereocenters. The van der Waals surface area contributed by atoms with E-state index in [2.05, 4.69) is 10.3 Å². The van der Waals surface area contributed by atoms with E-state index in [4.69, 9.17) is 0 Å². The SMILES string of the molecule is CNCC1CCCN(C(=O)c2cccc3[nH]ccc23)C1. The number of nitrogens with zero attached hydrogens (tertiary/aromatic N) is 1. The van der Waals surface area contributed by atoms with E-state index >= 15 is 0 Å². The molecule has 1 aromatic carbocycles. The standard InChI is InChI=1S/C16H21N3O/c1-17-10-12-4-3-9-19(11-12)16(20)14-5-2-6-15-13(14)7-8-18-15/h2,5-8,12,17-18H,3-4,9-11H2,1H3. The molecule has 1 amide bonds. The monoisotopic (exact) mass is 271 g/mol. The molecule has 4 heteroatoms. The molecule has 1 aliphatic rings. The smallest absolute Gasteiger partial charge is 0.254 e. The van der Waals surface area contributed by atoms with Crippen molar-refractivity contribution in [3.8, 4) is 0 Å². The van der Waals surface area contributed by atoms with Crippen LogP contribution in [-0.2, 0) is 0 Å². The maximum Gasteiger partial charge on any atom is 0.254 e. The molecular formula is C16H21N3O. The summed E-state index contributed by atoms with van der Waals surface area (Å²) in [6, 6.07) is 7.87. The molecule has 2 aromatic rings. The Bertz CT molecular complexity index is 603. The minimum absolute atomic E-state index is 0.163.